The molecule has 0 aliphatic carbocycles. The lowest BCUT2D eigenvalue weighted by atomic mass is 10.00. The van der Waals surface area contributed by atoms with Gasteiger partial charge in [-0.25, -0.2) is 4.79 Å². The first kappa shape index (κ1) is 17.3. The number of amides is 1. The summed E-state index contributed by atoms with van der Waals surface area (Å²) < 4.78 is 5.09. The number of hydrogen-bond acceptors (Lipinski definition) is 5. The molecule has 0 fully saturated rings. The van der Waals surface area contributed by atoms with Gasteiger partial charge in [0, 0.05) is 18.2 Å². The second kappa shape index (κ2) is 7.28. The van der Waals surface area contributed by atoms with Gasteiger partial charge in [-0.2, -0.15) is 0 Å². The Hall–Kier alpha value is -1.79. The Balaban J connectivity index is 2.42. The number of ether oxygens (including phenoxy) is 1. The summed E-state index contributed by atoms with van der Waals surface area (Å²) in [7, 11) is 0. The van der Waals surface area contributed by atoms with Crippen LogP contribution in [-0.2, 0) is 4.74 Å². The average Bonchev–Trinajstić information content (AvgIpc) is 2.36. The van der Waals surface area contributed by atoms with Crippen molar-refractivity contribution in [2.24, 2.45) is 5.73 Å². The van der Waals surface area contributed by atoms with Crippen LogP contribution in [0.25, 0.3) is 0 Å². The maximum absolute atomic E-state index is 11.5. The highest BCUT2D eigenvalue weighted by Crippen LogP contribution is 2.25. The van der Waals surface area contributed by atoms with Crippen LogP contribution in [0.2, 0.25) is 0 Å². The number of phenols is 1. The van der Waals surface area contributed by atoms with Gasteiger partial charge in [-0.15, -0.1) is 0 Å². The topological polar surface area (TPSA) is 105 Å². The summed E-state index contributed by atoms with van der Waals surface area (Å²) in [6.07, 6.45) is -1.16. The molecule has 0 saturated carbocycles. The maximum Gasteiger partial charge on any atom is 0.407 e. The van der Waals surface area contributed by atoms with Crippen LogP contribution in [0, 0.1) is 0 Å². The summed E-state index contributed by atoms with van der Waals surface area (Å²) in [4.78, 5) is 11.5. The Bertz CT molecular complexity index is 471. The average molecular weight is 296 g/mol. The van der Waals surface area contributed by atoms with Crippen LogP contribution in [0.4, 0.5) is 4.79 Å². The number of aliphatic hydroxyl groups is 1. The molecule has 6 heteroatoms. The van der Waals surface area contributed by atoms with Crippen LogP contribution >= 0.6 is 0 Å². The number of benzene rings is 1. The second-order valence-corrected chi connectivity index (χ2v) is 5.88. The van der Waals surface area contributed by atoms with E-state index in [9.17, 15) is 15.0 Å². The minimum atomic E-state index is -0.994. The highest BCUT2D eigenvalue weighted by molar-refractivity contribution is 5.67. The Morgan fingerprint density at radius 3 is 2.57 bits per heavy atom. The maximum atomic E-state index is 11.5. The number of carbonyl (C=O) groups is 1. The largest absolute Gasteiger partial charge is 0.508 e. The predicted octanol–water partition coefficient (Wildman–Crippen LogP) is 1.67. The van der Waals surface area contributed by atoms with Gasteiger partial charge in [0.25, 0.3) is 0 Å². The summed E-state index contributed by atoms with van der Waals surface area (Å²) in [6.45, 7) is 5.61. The number of alkyl carbamates (subject to hydrolysis) is 1. The smallest absolute Gasteiger partial charge is 0.407 e. The van der Waals surface area contributed by atoms with Crippen molar-refractivity contribution in [1.82, 2.24) is 5.32 Å². The van der Waals surface area contributed by atoms with Gasteiger partial charge in [0.2, 0.25) is 0 Å². The van der Waals surface area contributed by atoms with Crippen LogP contribution in [0.5, 0.6) is 5.75 Å². The van der Waals surface area contributed by atoms with E-state index in [1.165, 1.54) is 6.07 Å². The lowest BCUT2D eigenvalue weighted by Gasteiger charge is -2.22. The molecular formula is C15H24N2O4. The van der Waals surface area contributed by atoms with Crippen molar-refractivity contribution in [3.8, 4) is 5.75 Å². The van der Waals surface area contributed by atoms with Gasteiger partial charge in [0.05, 0.1) is 6.10 Å². The van der Waals surface area contributed by atoms with Crippen molar-refractivity contribution in [1.29, 1.82) is 0 Å². The van der Waals surface area contributed by atoms with Crippen molar-refractivity contribution in [2.45, 2.75) is 44.9 Å². The molecule has 1 aromatic rings. The quantitative estimate of drug-likeness (QED) is 0.661. The summed E-state index contributed by atoms with van der Waals surface area (Å²) in [5.41, 5.74) is 5.70. The number of nitrogens with one attached hydrogen (secondary N) is 1. The molecule has 21 heavy (non-hydrogen) atoms. The molecule has 0 heterocycles. The van der Waals surface area contributed by atoms with Gasteiger partial charge < -0.3 is 26.0 Å². The number of carbonyl (C=O) groups excluding carboxylic acids is 1. The van der Waals surface area contributed by atoms with E-state index in [0.29, 0.717) is 12.0 Å². The first-order valence-electron chi connectivity index (χ1n) is 6.89. The van der Waals surface area contributed by atoms with Gasteiger partial charge in [0.1, 0.15) is 11.4 Å². The lowest BCUT2D eigenvalue weighted by Crippen LogP contribution is -2.37. The first-order chi connectivity index (χ1) is 9.70. The van der Waals surface area contributed by atoms with E-state index in [-0.39, 0.29) is 12.3 Å². The monoisotopic (exact) mass is 296 g/mol. The third-order valence-electron chi connectivity index (χ3n) is 2.81. The van der Waals surface area contributed by atoms with Crippen LogP contribution in [-0.4, -0.2) is 34.5 Å². The fraction of sp³-hybridized carbons (Fsp3) is 0.533. The number of phenolic OH excluding ortho intramolecular Hbond substituents is 1. The molecule has 0 saturated heterocycles. The number of aromatic hydroxyl groups is 1. The number of para-hydroxylation sites is 1. The molecule has 2 unspecified atom stereocenters. The van der Waals surface area contributed by atoms with Crippen molar-refractivity contribution >= 4 is 6.09 Å². The van der Waals surface area contributed by atoms with E-state index in [1.807, 2.05) is 0 Å². The van der Waals surface area contributed by atoms with Crippen LogP contribution in [0.1, 0.15) is 38.9 Å². The third-order valence-corrected chi connectivity index (χ3v) is 2.81. The number of aliphatic hydroxyl groups excluding tert-OH is 1. The summed E-state index contributed by atoms with van der Waals surface area (Å²) >= 11 is 0. The molecule has 0 bridgehead atoms. The molecule has 2 atom stereocenters. The summed E-state index contributed by atoms with van der Waals surface area (Å²) in [5, 5.41) is 22.3. The fourth-order valence-corrected chi connectivity index (χ4v) is 1.78. The standard InChI is InChI=1S/C15H24N2O4/c1-15(2,3)21-14(20)17-9-8-11(16)13(19)10-6-4-5-7-12(10)18/h4-7,11,13,18-19H,8-9,16H2,1-3H3,(H,17,20). The minimum absolute atomic E-state index is 0.000511. The van der Waals surface area contributed by atoms with E-state index in [4.69, 9.17) is 10.5 Å². The van der Waals surface area contributed by atoms with Crippen LogP contribution < -0.4 is 11.1 Å². The zero-order valence-corrected chi connectivity index (χ0v) is 12.7. The Kier molecular flexibility index (Phi) is 5.99. The predicted molar refractivity (Wildman–Crippen MR) is 79.9 cm³/mol. The van der Waals surface area contributed by atoms with E-state index in [2.05, 4.69) is 5.32 Å². The fourth-order valence-electron chi connectivity index (χ4n) is 1.78. The normalized spacial score (nSPS) is 14.3. The van der Waals surface area contributed by atoms with Crippen molar-refractivity contribution in [2.75, 3.05) is 6.54 Å². The molecule has 0 aliphatic heterocycles. The molecule has 0 aromatic heterocycles. The summed E-state index contributed by atoms with van der Waals surface area (Å²) in [6, 6.07) is 5.88. The highest BCUT2D eigenvalue weighted by atomic mass is 16.6. The zero-order valence-electron chi connectivity index (χ0n) is 12.7. The molecule has 0 radical (unpaired) electrons. The van der Waals surface area contributed by atoms with Gasteiger partial charge in [-0.3, -0.25) is 0 Å². The van der Waals surface area contributed by atoms with Crippen molar-refractivity contribution in [3.63, 3.8) is 0 Å². The number of hydrogen-bond donors (Lipinski definition) is 4. The molecule has 118 valence electrons. The number of rotatable bonds is 5. The SMILES string of the molecule is CC(C)(C)OC(=O)NCCC(N)C(O)c1ccccc1O. The van der Waals surface area contributed by atoms with Crippen molar-refractivity contribution < 1.29 is 19.7 Å². The third kappa shape index (κ3) is 6.01. The van der Waals surface area contributed by atoms with E-state index in [1.54, 1.807) is 39.0 Å². The second-order valence-electron chi connectivity index (χ2n) is 5.88. The Morgan fingerprint density at radius 2 is 2.00 bits per heavy atom. The van der Waals surface area contributed by atoms with E-state index >= 15 is 0 Å². The number of nitrogens with two attached hydrogens (primary N) is 1. The van der Waals surface area contributed by atoms with Gasteiger partial charge in [0.15, 0.2) is 0 Å². The molecule has 5 N–H and O–H groups in total. The molecular weight excluding hydrogens is 272 g/mol. The van der Waals surface area contributed by atoms with E-state index in [0.717, 1.165) is 0 Å². The van der Waals surface area contributed by atoms with Gasteiger partial charge in [-0.1, -0.05) is 18.2 Å². The van der Waals surface area contributed by atoms with Crippen LogP contribution in [0.3, 0.4) is 0 Å². The Labute approximate surface area is 124 Å². The zero-order chi connectivity index (χ0) is 16.0. The minimum Gasteiger partial charge on any atom is -0.508 e. The highest BCUT2D eigenvalue weighted by Gasteiger charge is 2.20. The molecule has 1 rings (SSSR count). The molecule has 1 amide bonds. The Morgan fingerprint density at radius 1 is 1.38 bits per heavy atom. The molecule has 1 aromatic carbocycles. The lowest BCUT2D eigenvalue weighted by molar-refractivity contribution is 0.0521. The molecule has 6 nitrogen and oxygen atoms in total. The first-order valence-corrected chi connectivity index (χ1v) is 6.89. The summed E-state index contributed by atoms with van der Waals surface area (Å²) in [5.74, 6) is 0.000511. The van der Waals surface area contributed by atoms with Crippen LogP contribution in [0.15, 0.2) is 24.3 Å². The van der Waals surface area contributed by atoms with Gasteiger partial charge >= 0.3 is 6.09 Å². The molecule has 0 spiro atoms. The van der Waals surface area contributed by atoms with Crippen molar-refractivity contribution in [3.05, 3.63) is 29.8 Å². The van der Waals surface area contributed by atoms with Gasteiger partial charge in [-0.05, 0) is 33.3 Å². The molecule has 0 aliphatic rings. The van der Waals surface area contributed by atoms with E-state index < -0.39 is 23.8 Å².